The van der Waals surface area contributed by atoms with E-state index in [-0.39, 0.29) is 19.4 Å². The maximum atomic E-state index is 12.5. The topological polar surface area (TPSA) is 54.5 Å². The number of carbonyl (C=O) groups excluding carboxylic acids is 1. The van der Waals surface area contributed by atoms with Crippen LogP contribution in [0.3, 0.4) is 0 Å². The highest BCUT2D eigenvalue weighted by molar-refractivity contribution is 6.43. The number of piperazine rings is 1. The van der Waals surface area contributed by atoms with Crippen molar-refractivity contribution in [3.8, 4) is 5.75 Å². The number of ether oxygens (including phenoxy) is 3. The van der Waals surface area contributed by atoms with Gasteiger partial charge in [-0.3, -0.25) is 14.6 Å². The summed E-state index contributed by atoms with van der Waals surface area (Å²) in [6.45, 7) is 8.65. The van der Waals surface area contributed by atoms with Crippen LogP contribution in [0.25, 0.3) is 0 Å². The van der Waals surface area contributed by atoms with Gasteiger partial charge in [-0.1, -0.05) is 42.3 Å². The van der Waals surface area contributed by atoms with Crippen LogP contribution in [0.15, 0.2) is 36.4 Å². The molecule has 2 aromatic carbocycles. The Kier molecular flexibility index (Phi) is 10.8. The molecule has 0 atom stereocenters. The maximum Gasteiger partial charge on any atom is 0.229 e. The molecule has 0 radical (unpaired) electrons. The van der Waals surface area contributed by atoms with Gasteiger partial charge in [-0.15, -0.1) is 0 Å². The second kappa shape index (κ2) is 14.2. The van der Waals surface area contributed by atoms with Crippen molar-refractivity contribution in [1.82, 2.24) is 4.90 Å². The van der Waals surface area contributed by atoms with E-state index < -0.39 is 0 Å². The highest BCUT2D eigenvalue weighted by Crippen LogP contribution is 2.33. The molecule has 1 fully saturated rings. The first kappa shape index (κ1) is 28.0. The summed E-state index contributed by atoms with van der Waals surface area (Å²) < 4.78 is 17.0. The van der Waals surface area contributed by atoms with E-state index in [1.165, 1.54) is 0 Å². The molecule has 2 aliphatic rings. The summed E-state index contributed by atoms with van der Waals surface area (Å²) in [5.41, 5.74) is 3.04. The van der Waals surface area contributed by atoms with Gasteiger partial charge in [0.1, 0.15) is 19.3 Å². The Balaban J connectivity index is 1.18. The van der Waals surface area contributed by atoms with E-state index in [0.29, 0.717) is 29.7 Å². The highest BCUT2D eigenvalue weighted by atomic mass is 35.5. The third-order valence-corrected chi connectivity index (χ3v) is 7.58. The number of benzene rings is 2. The third kappa shape index (κ3) is 7.74. The molecule has 2 heterocycles. The number of halogens is 2. The lowest BCUT2D eigenvalue weighted by atomic mass is 10.0. The zero-order chi connectivity index (χ0) is 26.0. The Morgan fingerprint density at radius 1 is 0.919 bits per heavy atom. The molecule has 0 bridgehead atoms. The van der Waals surface area contributed by atoms with Gasteiger partial charge in [-0.05, 0) is 56.0 Å². The minimum Gasteiger partial charge on any atom is -0.494 e. The predicted octanol–water partition coefficient (Wildman–Crippen LogP) is 5.61. The lowest BCUT2D eigenvalue weighted by Gasteiger charge is -2.36. The maximum absolute atomic E-state index is 12.5. The Morgan fingerprint density at radius 3 is 2.57 bits per heavy atom. The number of fused-ring (bicyclic) bond motifs is 1. The molecule has 2 aliphatic heterocycles. The lowest BCUT2D eigenvalue weighted by molar-refractivity contribution is -0.121. The van der Waals surface area contributed by atoms with Crippen molar-refractivity contribution in [2.45, 2.75) is 39.0 Å². The van der Waals surface area contributed by atoms with Gasteiger partial charge in [0.25, 0.3) is 0 Å². The van der Waals surface area contributed by atoms with E-state index in [1.807, 2.05) is 37.3 Å². The summed E-state index contributed by atoms with van der Waals surface area (Å²) in [5.74, 6) is 0.852. The number of unbranched alkanes of at least 4 members (excludes halogenated alkanes) is 1. The molecule has 1 amide bonds. The summed E-state index contributed by atoms with van der Waals surface area (Å²) in [5, 5.41) is 1.24. The molecule has 37 heavy (non-hydrogen) atoms. The van der Waals surface area contributed by atoms with Crippen molar-refractivity contribution in [2.75, 3.05) is 69.3 Å². The fourth-order valence-corrected chi connectivity index (χ4v) is 5.13. The molecule has 7 nitrogen and oxygen atoms in total. The third-order valence-electron chi connectivity index (χ3n) is 6.77. The Morgan fingerprint density at radius 2 is 1.76 bits per heavy atom. The normalized spacial score (nSPS) is 16.2. The van der Waals surface area contributed by atoms with E-state index in [4.69, 9.17) is 37.4 Å². The summed E-state index contributed by atoms with van der Waals surface area (Å²) in [6.07, 6.45) is 4.21. The van der Waals surface area contributed by atoms with Gasteiger partial charge >= 0.3 is 0 Å². The quantitative estimate of drug-likeness (QED) is 0.239. The smallest absolute Gasteiger partial charge is 0.229 e. The van der Waals surface area contributed by atoms with Gasteiger partial charge in [0, 0.05) is 45.3 Å². The standard InChI is InChI=1S/C28H37Cl2N3O4/c1-2-17-35-21-36-20-33-26-19-23(10-8-22(26)9-11-27(33)34)37-18-4-3-12-31-13-15-32(16-14-31)25-7-5-6-24(29)28(25)30/h5-8,10,19H,2-4,9,11-18,20-21H2,1H3. The number of aryl methyl sites for hydroxylation is 1. The number of amides is 1. The molecule has 0 aromatic heterocycles. The summed E-state index contributed by atoms with van der Waals surface area (Å²) in [4.78, 5) is 19.0. The second-order valence-electron chi connectivity index (χ2n) is 9.43. The van der Waals surface area contributed by atoms with Gasteiger partial charge in [0.15, 0.2) is 0 Å². The molecule has 0 unspecified atom stereocenters. The zero-order valence-electron chi connectivity index (χ0n) is 21.6. The number of carbonyl (C=O) groups is 1. The summed E-state index contributed by atoms with van der Waals surface area (Å²) >= 11 is 12.6. The minimum atomic E-state index is 0.0675. The summed E-state index contributed by atoms with van der Waals surface area (Å²) in [7, 11) is 0. The van der Waals surface area contributed by atoms with Crippen molar-refractivity contribution in [2.24, 2.45) is 0 Å². The second-order valence-corrected chi connectivity index (χ2v) is 10.2. The van der Waals surface area contributed by atoms with Crippen LogP contribution in [-0.2, 0) is 20.7 Å². The molecule has 0 spiro atoms. The number of nitrogens with zero attached hydrogens (tertiary/aromatic N) is 3. The van der Waals surface area contributed by atoms with Crippen LogP contribution in [0.1, 0.15) is 38.2 Å². The Bertz CT molecular complexity index is 1030. The van der Waals surface area contributed by atoms with Crippen molar-refractivity contribution in [3.05, 3.63) is 52.0 Å². The first-order valence-electron chi connectivity index (χ1n) is 13.2. The molecular formula is C28H37Cl2N3O4. The number of rotatable bonds is 13. The van der Waals surface area contributed by atoms with Crippen LogP contribution in [0.2, 0.25) is 10.0 Å². The fourth-order valence-electron chi connectivity index (χ4n) is 4.72. The van der Waals surface area contributed by atoms with E-state index >= 15 is 0 Å². The number of anilines is 2. The van der Waals surface area contributed by atoms with E-state index in [1.54, 1.807) is 4.90 Å². The number of hydrogen-bond acceptors (Lipinski definition) is 6. The largest absolute Gasteiger partial charge is 0.494 e. The monoisotopic (exact) mass is 549 g/mol. The van der Waals surface area contributed by atoms with Crippen LogP contribution in [0.5, 0.6) is 5.75 Å². The zero-order valence-corrected chi connectivity index (χ0v) is 23.1. The molecule has 0 aliphatic carbocycles. The van der Waals surface area contributed by atoms with Gasteiger partial charge < -0.3 is 19.1 Å². The highest BCUT2D eigenvalue weighted by Gasteiger charge is 2.25. The lowest BCUT2D eigenvalue weighted by Crippen LogP contribution is -2.46. The molecule has 0 saturated carbocycles. The van der Waals surface area contributed by atoms with E-state index in [9.17, 15) is 4.79 Å². The van der Waals surface area contributed by atoms with Gasteiger partial charge in [0.2, 0.25) is 5.91 Å². The molecule has 1 saturated heterocycles. The first-order chi connectivity index (χ1) is 18.1. The molecule has 202 valence electrons. The van der Waals surface area contributed by atoms with Crippen LogP contribution in [0, 0.1) is 0 Å². The Hall–Kier alpha value is -2.03. The Labute approximate surface area is 230 Å². The molecule has 2 aromatic rings. The molecule has 9 heteroatoms. The van der Waals surface area contributed by atoms with E-state index in [0.717, 1.165) is 81.1 Å². The average molecular weight is 551 g/mol. The summed E-state index contributed by atoms with van der Waals surface area (Å²) in [6, 6.07) is 11.8. The fraction of sp³-hybridized carbons (Fsp3) is 0.536. The van der Waals surface area contributed by atoms with E-state index in [2.05, 4.69) is 15.9 Å². The van der Waals surface area contributed by atoms with Crippen LogP contribution < -0.4 is 14.5 Å². The van der Waals surface area contributed by atoms with Crippen LogP contribution in [-0.4, -0.2) is 70.3 Å². The molecular weight excluding hydrogens is 513 g/mol. The van der Waals surface area contributed by atoms with Crippen LogP contribution >= 0.6 is 23.2 Å². The predicted molar refractivity (Wildman–Crippen MR) is 149 cm³/mol. The van der Waals surface area contributed by atoms with Gasteiger partial charge in [-0.25, -0.2) is 0 Å². The minimum absolute atomic E-state index is 0.0675. The first-order valence-corrected chi connectivity index (χ1v) is 13.9. The van der Waals surface area contributed by atoms with Gasteiger partial charge in [0.05, 0.1) is 28.0 Å². The average Bonchev–Trinajstić information content (AvgIpc) is 2.91. The molecule has 4 rings (SSSR count). The van der Waals surface area contributed by atoms with Crippen molar-refractivity contribution >= 4 is 40.5 Å². The SMILES string of the molecule is CCCOCOCN1C(=O)CCc2ccc(OCCCCN3CCN(c4cccc(Cl)c4Cl)CC3)cc21. The van der Waals surface area contributed by atoms with Crippen LogP contribution in [0.4, 0.5) is 11.4 Å². The molecule has 0 N–H and O–H groups in total. The van der Waals surface area contributed by atoms with Gasteiger partial charge in [-0.2, -0.15) is 0 Å². The number of hydrogen-bond donors (Lipinski definition) is 0. The van der Waals surface area contributed by atoms with Crippen molar-refractivity contribution in [3.63, 3.8) is 0 Å². The van der Waals surface area contributed by atoms with Crippen molar-refractivity contribution < 1.29 is 19.0 Å². The van der Waals surface area contributed by atoms with Crippen molar-refractivity contribution in [1.29, 1.82) is 0 Å².